The van der Waals surface area contributed by atoms with Gasteiger partial charge in [-0.1, -0.05) is 41.0 Å². The second kappa shape index (κ2) is 13.7. The monoisotopic (exact) mass is 522 g/mol. The zero-order valence-electron chi connectivity index (χ0n) is 24.6. The van der Waals surface area contributed by atoms with Gasteiger partial charge in [0.2, 0.25) is 11.8 Å². The zero-order valence-corrected chi connectivity index (χ0v) is 24.6. The summed E-state index contributed by atoms with van der Waals surface area (Å²) in [4.78, 5) is 32.1. The lowest BCUT2D eigenvalue weighted by Crippen LogP contribution is -2.61. The highest BCUT2D eigenvalue weighted by molar-refractivity contribution is 5.88. The Bertz CT molecular complexity index is 735. The standard InChI is InChI=1S/C25H44N4O4.C4H10/c1-18(2)13-21-24(31)28(12-9-26-21)15-23(30)29-11-8-25(14-19(29)3)32-16-20(17-33-25)22-7-5-6-10-27(22)4;1-4(2)3/h18-22,26H,5-17H2,1-4H3;4H,1-3H3. The number of rotatable bonds is 5. The summed E-state index contributed by atoms with van der Waals surface area (Å²) in [5.74, 6) is 1.23. The predicted molar refractivity (Wildman–Crippen MR) is 147 cm³/mol. The first-order valence-electron chi connectivity index (χ1n) is 14.8. The summed E-state index contributed by atoms with van der Waals surface area (Å²) in [6, 6.07) is 0.407. The molecule has 0 aromatic carbocycles. The molecule has 4 heterocycles. The van der Waals surface area contributed by atoms with Gasteiger partial charge in [0.15, 0.2) is 5.79 Å². The molecule has 4 fully saturated rings. The Morgan fingerprint density at radius 2 is 1.76 bits per heavy atom. The molecule has 0 radical (unpaired) electrons. The summed E-state index contributed by atoms with van der Waals surface area (Å²) in [6.07, 6.45) is 5.99. The molecular formula is C29H54N4O4. The van der Waals surface area contributed by atoms with E-state index in [-0.39, 0.29) is 30.4 Å². The first-order chi connectivity index (χ1) is 17.5. The Balaban J connectivity index is 0.000000886. The molecule has 0 aromatic heterocycles. The summed E-state index contributed by atoms with van der Waals surface area (Å²) in [6.45, 7) is 17.6. The lowest BCUT2D eigenvalue weighted by molar-refractivity contribution is -0.307. The average Bonchev–Trinajstić information content (AvgIpc) is 2.82. The number of likely N-dealkylation sites (tertiary alicyclic amines) is 2. The highest BCUT2D eigenvalue weighted by Crippen LogP contribution is 2.37. The summed E-state index contributed by atoms with van der Waals surface area (Å²) >= 11 is 0. The molecule has 0 aliphatic carbocycles. The summed E-state index contributed by atoms with van der Waals surface area (Å²) in [7, 11) is 2.22. The van der Waals surface area contributed by atoms with Crippen LogP contribution in [0.4, 0.5) is 0 Å². The molecule has 8 heteroatoms. The van der Waals surface area contributed by atoms with Crippen LogP contribution in [0.3, 0.4) is 0 Å². The van der Waals surface area contributed by atoms with Gasteiger partial charge in [0, 0.05) is 50.5 Å². The molecule has 8 nitrogen and oxygen atoms in total. The number of carbonyl (C=O) groups is 2. The Labute approximate surface area is 225 Å². The van der Waals surface area contributed by atoms with Gasteiger partial charge in [0.1, 0.15) is 0 Å². The summed E-state index contributed by atoms with van der Waals surface area (Å²) < 4.78 is 12.8. The quantitative estimate of drug-likeness (QED) is 0.597. The fourth-order valence-corrected chi connectivity index (χ4v) is 6.19. The predicted octanol–water partition coefficient (Wildman–Crippen LogP) is 3.35. The van der Waals surface area contributed by atoms with Gasteiger partial charge >= 0.3 is 0 Å². The number of nitrogens with one attached hydrogen (secondary N) is 1. The number of piperidine rings is 2. The molecule has 2 amide bonds. The van der Waals surface area contributed by atoms with E-state index in [1.807, 2.05) is 4.90 Å². The molecule has 0 saturated carbocycles. The molecule has 37 heavy (non-hydrogen) atoms. The van der Waals surface area contributed by atoms with E-state index in [1.165, 1.54) is 19.3 Å². The van der Waals surface area contributed by atoms with Crippen LogP contribution < -0.4 is 5.32 Å². The number of nitrogens with zero attached hydrogens (tertiary/aromatic N) is 3. The van der Waals surface area contributed by atoms with Crippen LogP contribution in [-0.2, 0) is 19.1 Å². The SMILES string of the molecule is CC(C)C.CC(C)CC1NCCN(CC(=O)N2CCC3(CC2C)OCC(C2CCCCN2C)CO3)C1=O. The molecule has 214 valence electrons. The molecule has 3 unspecified atom stereocenters. The minimum atomic E-state index is -0.562. The number of ether oxygens (including phenoxy) is 2. The molecule has 4 aliphatic rings. The fraction of sp³-hybridized carbons (Fsp3) is 0.931. The van der Waals surface area contributed by atoms with Crippen LogP contribution in [0.5, 0.6) is 0 Å². The zero-order chi connectivity index (χ0) is 27.2. The van der Waals surface area contributed by atoms with E-state index in [0.29, 0.717) is 43.8 Å². The van der Waals surface area contributed by atoms with Gasteiger partial charge in [0.25, 0.3) is 0 Å². The van der Waals surface area contributed by atoms with E-state index in [1.54, 1.807) is 4.90 Å². The Kier molecular flexibility index (Phi) is 11.2. The normalized spacial score (nSPS) is 33.6. The lowest BCUT2D eigenvalue weighted by atomic mass is 9.89. The van der Waals surface area contributed by atoms with Crippen molar-refractivity contribution in [1.29, 1.82) is 0 Å². The highest BCUT2D eigenvalue weighted by atomic mass is 16.7. The topological polar surface area (TPSA) is 74.3 Å². The van der Waals surface area contributed by atoms with Crippen molar-refractivity contribution in [2.45, 2.75) is 104 Å². The Morgan fingerprint density at radius 3 is 2.35 bits per heavy atom. The lowest BCUT2D eigenvalue weighted by Gasteiger charge is -2.50. The molecule has 4 rings (SSSR count). The smallest absolute Gasteiger partial charge is 0.242 e. The maximum absolute atomic E-state index is 13.1. The molecule has 1 N–H and O–H groups in total. The number of piperazine rings is 1. The number of carbonyl (C=O) groups excluding carboxylic acids is 2. The van der Waals surface area contributed by atoms with Gasteiger partial charge in [-0.3, -0.25) is 9.59 Å². The third-order valence-electron chi connectivity index (χ3n) is 8.10. The largest absolute Gasteiger partial charge is 0.349 e. The van der Waals surface area contributed by atoms with Crippen LogP contribution in [0.25, 0.3) is 0 Å². The van der Waals surface area contributed by atoms with Crippen molar-refractivity contribution in [3.8, 4) is 0 Å². The van der Waals surface area contributed by atoms with Crippen molar-refractivity contribution >= 4 is 11.8 Å². The maximum atomic E-state index is 13.1. The van der Waals surface area contributed by atoms with Crippen LogP contribution in [0.15, 0.2) is 0 Å². The fourth-order valence-electron chi connectivity index (χ4n) is 6.19. The van der Waals surface area contributed by atoms with Crippen LogP contribution in [0, 0.1) is 17.8 Å². The van der Waals surface area contributed by atoms with Crippen molar-refractivity contribution in [3.05, 3.63) is 0 Å². The maximum Gasteiger partial charge on any atom is 0.242 e. The molecule has 1 spiro atoms. The molecule has 3 atom stereocenters. The molecule has 0 bridgehead atoms. The first-order valence-corrected chi connectivity index (χ1v) is 14.8. The second-order valence-electron chi connectivity index (χ2n) is 12.9. The molecular weight excluding hydrogens is 468 g/mol. The van der Waals surface area contributed by atoms with E-state index in [4.69, 9.17) is 9.47 Å². The third-order valence-corrected chi connectivity index (χ3v) is 8.10. The van der Waals surface area contributed by atoms with E-state index in [0.717, 1.165) is 38.6 Å². The van der Waals surface area contributed by atoms with E-state index < -0.39 is 5.79 Å². The number of amides is 2. The van der Waals surface area contributed by atoms with Crippen molar-refractivity contribution in [2.24, 2.45) is 17.8 Å². The van der Waals surface area contributed by atoms with Crippen LogP contribution in [-0.4, -0.2) is 103 Å². The van der Waals surface area contributed by atoms with Crippen molar-refractivity contribution < 1.29 is 19.1 Å². The van der Waals surface area contributed by atoms with Gasteiger partial charge in [-0.05, 0) is 51.6 Å². The number of hydrogen-bond acceptors (Lipinski definition) is 6. The van der Waals surface area contributed by atoms with Crippen LogP contribution in [0.1, 0.15) is 80.1 Å². The third kappa shape index (κ3) is 8.38. The summed E-state index contributed by atoms with van der Waals surface area (Å²) in [5.41, 5.74) is 0. The van der Waals surface area contributed by atoms with Crippen molar-refractivity contribution in [1.82, 2.24) is 20.0 Å². The van der Waals surface area contributed by atoms with Crippen molar-refractivity contribution in [2.75, 3.05) is 53.0 Å². The minimum Gasteiger partial charge on any atom is -0.349 e. The highest BCUT2D eigenvalue weighted by Gasteiger charge is 2.46. The van der Waals surface area contributed by atoms with Gasteiger partial charge in [0.05, 0.1) is 25.8 Å². The number of hydrogen-bond donors (Lipinski definition) is 1. The van der Waals surface area contributed by atoms with Gasteiger partial charge in [-0.25, -0.2) is 0 Å². The van der Waals surface area contributed by atoms with Gasteiger partial charge < -0.3 is 29.5 Å². The molecule has 4 saturated heterocycles. The van der Waals surface area contributed by atoms with Crippen LogP contribution in [0.2, 0.25) is 0 Å². The van der Waals surface area contributed by atoms with E-state index in [9.17, 15) is 9.59 Å². The van der Waals surface area contributed by atoms with E-state index in [2.05, 4.69) is 58.8 Å². The minimum absolute atomic E-state index is 0.0321. The summed E-state index contributed by atoms with van der Waals surface area (Å²) in [5, 5.41) is 3.31. The Hall–Kier alpha value is -1.22. The van der Waals surface area contributed by atoms with Crippen LogP contribution >= 0.6 is 0 Å². The van der Waals surface area contributed by atoms with Crippen molar-refractivity contribution in [3.63, 3.8) is 0 Å². The molecule has 0 aromatic rings. The second-order valence-corrected chi connectivity index (χ2v) is 12.9. The average molecular weight is 523 g/mol. The van der Waals surface area contributed by atoms with Gasteiger partial charge in [-0.15, -0.1) is 0 Å². The Morgan fingerprint density at radius 1 is 1.08 bits per heavy atom. The molecule has 4 aliphatic heterocycles. The first kappa shape index (κ1) is 30.3. The van der Waals surface area contributed by atoms with E-state index >= 15 is 0 Å². The van der Waals surface area contributed by atoms with Gasteiger partial charge in [-0.2, -0.15) is 0 Å².